The minimum absolute atomic E-state index is 0.261. The molecule has 210 valence electrons. The summed E-state index contributed by atoms with van der Waals surface area (Å²) in [6, 6.07) is 63.6. The van der Waals surface area contributed by atoms with Crippen LogP contribution in [0.2, 0.25) is 0 Å². The zero-order valence-corrected chi connectivity index (χ0v) is 26.5. The standard InChI is InChI=1S/C41H29PS2/c1-5-17-30(18-6-1)38-29-39(31-19-7-2-8-20-31)41(32-21-9-3-10-22-32,33-23-11-4-12-24-33)44-42(43-39)40(38)36-27-15-13-25-34(36)35-26-14-16-28-37(35)40/h1-29H. The fraction of sp³-hybridized carbons (Fsp3) is 0.0732. The summed E-state index contributed by atoms with van der Waals surface area (Å²) in [6.07, 6.45) is 1.95. The Hall–Kier alpha value is -3.81. The molecule has 2 atom stereocenters. The summed E-state index contributed by atoms with van der Waals surface area (Å²) in [5.41, 5.74) is 12.5. The number of rotatable bonds is 4. The van der Waals surface area contributed by atoms with Crippen LogP contribution >= 0.6 is 29.1 Å². The molecule has 2 heterocycles. The van der Waals surface area contributed by atoms with E-state index in [2.05, 4.69) is 199 Å². The van der Waals surface area contributed by atoms with E-state index in [9.17, 15) is 0 Å². The largest absolute Gasteiger partial charge is 0.103 e. The van der Waals surface area contributed by atoms with Gasteiger partial charge in [0.1, 0.15) is 0 Å². The molecule has 1 aliphatic carbocycles. The average Bonchev–Trinajstić information content (AvgIpc) is 3.58. The number of benzene rings is 6. The van der Waals surface area contributed by atoms with Gasteiger partial charge in [0.2, 0.25) is 0 Å². The first-order valence-corrected chi connectivity index (χ1v) is 19.3. The van der Waals surface area contributed by atoms with Crippen molar-refractivity contribution < 1.29 is 0 Å². The molecular weight excluding hydrogens is 588 g/mol. The van der Waals surface area contributed by atoms with Gasteiger partial charge in [0, 0.05) is 6.33 Å². The van der Waals surface area contributed by atoms with Crippen molar-refractivity contribution in [3.8, 4) is 11.1 Å². The molecule has 0 amide bonds. The number of allylic oxidation sites excluding steroid dienone is 1. The zero-order chi connectivity index (χ0) is 29.2. The maximum Gasteiger partial charge on any atom is 0.0933 e. The molecule has 3 aliphatic rings. The van der Waals surface area contributed by atoms with E-state index in [4.69, 9.17) is 0 Å². The molecule has 2 aliphatic heterocycles. The van der Waals surface area contributed by atoms with E-state index in [1.54, 1.807) is 0 Å². The molecule has 0 aromatic heterocycles. The summed E-state index contributed by atoms with van der Waals surface area (Å²) in [4.78, 5) is 0. The second-order valence-electron chi connectivity index (χ2n) is 11.7. The highest BCUT2D eigenvalue weighted by atomic mass is 33.1. The van der Waals surface area contributed by atoms with E-state index >= 15 is 0 Å². The normalized spacial score (nSPS) is 21.8. The Kier molecular flexibility index (Phi) is 6.11. The monoisotopic (exact) mass is 616 g/mol. The van der Waals surface area contributed by atoms with Crippen molar-refractivity contribution in [2.75, 3.05) is 0 Å². The Morgan fingerprint density at radius 3 is 1.36 bits per heavy atom. The van der Waals surface area contributed by atoms with Gasteiger partial charge in [-0.2, -0.15) is 0 Å². The van der Waals surface area contributed by atoms with Crippen molar-refractivity contribution in [1.82, 2.24) is 0 Å². The third-order valence-corrected chi connectivity index (χ3v) is 19.0. The molecule has 1 fully saturated rings. The molecule has 3 heteroatoms. The molecule has 6 aromatic carbocycles. The minimum Gasteiger partial charge on any atom is -0.103 e. The van der Waals surface area contributed by atoms with Gasteiger partial charge < -0.3 is 0 Å². The van der Waals surface area contributed by atoms with Crippen LogP contribution in [0.15, 0.2) is 176 Å². The lowest BCUT2D eigenvalue weighted by Gasteiger charge is -2.47. The second kappa shape index (κ2) is 10.1. The van der Waals surface area contributed by atoms with E-state index in [1.807, 2.05) is 0 Å². The smallest absolute Gasteiger partial charge is 0.0933 e. The van der Waals surface area contributed by atoms with Crippen LogP contribution in [0.5, 0.6) is 0 Å². The first-order valence-electron chi connectivity index (χ1n) is 15.1. The van der Waals surface area contributed by atoms with E-state index in [0.29, 0.717) is 0 Å². The lowest BCUT2D eigenvalue weighted by Crippen LogP contribution is -2.42. The van der Waals surface area contributed by atoms with Gasteiger partial charge in [-0.25, -0.2) is 0 Å². The predicted molar refractivity (Wildman–Crippen MR) is 191 cm³/mol. The molecule has 6 aromatic rings. The van der Waals surface area contributed by atoms with Crippen molar-refractivity contribution in [1.29, 1.82) is 0 Å². The molecule has 0 radical (unpaired) electrons. The summed E-state index contributed by atoms with van der Waals surface area (Å²) >= 11 is 4.45. The SMILES string of the molecule is C1=C(c2ccccc2)C2(c3ccccc3-c3ccccc32)P2SC1(c1ccccc1)C(c1ccccc1)(c1ccccc1)S2. The van der Waals surface area contributed by atoms with Crippen molar-refractivity contribution in [3.63, 3.8) is 0 Å². The van der Waals surface area contributed by atoms with Crippen molar-refractivity contribution in [2.24, 2.45) is 0 Å². The minimum atomic E-state index is -0.759. The molecule has 9 rings (SSSR count). The lowest BCUT2D eigenvalue weighted by molar-refractivity contribution is 0.610. The van der Waals surface area contributed by atoms with Gasteiger partial charge in [-0.3, -0.25) is 0 Å². The highest BCUT2D eigenvalue weighted by molar-refractivity contribution is 8.90. The quantitative estimate of drug-likeness (QED) is 0.181. The van der Waals surface area contributed by atoms with Crippen molar-refractivity contribution >= 4 is 34.7 Å². The second-order valence-corrected chi connectivity index (χ2v) is 18.5. The Labute approximate surface area is 268 Å². The van der Waals surface area contributed by atoms with Crippen LogP contribution in [0.4, 0.5) is 0 Å². The number of fused-ring (bicyclic) bond motifs is 8. The molecule has 44 heavy (non-hydrogen) atoms. The Balaban J connectivity index is 1.47. The van der Waals surface area contributed by atoms with Gasteiger partial charge >= 0.3 is 0 Å². The van der Waals surface area contributed by atoms with Crippen LogP contribution < -0.4 is 0 Å². The van der Waals surface area contributed by atoms with Gasteiger partial charge in [-0.05, 0) is 50.1 Å². The summed E-state index contributed by atoms with van der Waals surface area (Å²) in [5, 5.41) is -0.261. The average molecular weight is 617 g/mol. The van der Waals surface area contributed by atoms with Crippen LogP contribution in [0, 0.1) is 0 Å². The number of hydrogen-bond acceptors (Lipinski definition) is 2. The predicted octanol–water partition coefficient (Wildman–Crippen LogP) is 11.6. The van der Waals surface area contributed by atoms with E-state index in [1.165, 1.54) is 50.1 Å². The Morgan fingerprint density at radius 2 is 0.841 bits per heavy atom. The molecule has 1 spiro atoms. The van der Waals surface area contributed by atoms with Crippen LogP contribution in [-0.2, 0) is 14.7 Å². The summed E-state index contributed by atoms with van der Waals surface area (Å²) < 4.78 is -0.681. The maximum atomic E-state index is 2.71. The lowest BCUT2D eigenvalue weighted by atomic mass is 9.72. The molecule has 0 saturated carbocycles. The van der Waals surface area contributed by atoms with Crippen LogP contribution in [0.1, 0.15) is 33.4 Å². The third kappa shape index (κ3) is 3.42. The number of hydrogen-bond donors (Lipinski definition) is 0. The highest BCUT2D eigenvalue weighted by Crippen LogP contribution is 2.96. The van der Waals surface area contributed by atoms with Crippen LogP contribution in [-0.4, -0.2) is 0 Å². The molecule has 2 bridgehead atoms. The van der Waals surface area contributed by atoms with Crippen molar-refractivity contribution in [2.45, 2.75) is 14.7 Å². The van der Waals surface area contributed by atoms with Gasteiger partial charge in [0.25, 0.3) is 0 Å². The van der Waals surface area contributed by atoms with Gasteiger partial charge in [-0.1, -0.05) is 176 Å². The van der Waals surface area contributed by atoms with Gasteiger partial charge in [-0.15, -0.1) is 22.8 Å². The summed E-state index contributed by atoms with van der Waals surface area (Å²) in [5.74, 6) is 0. The molecule has 1 saturated heterocycles. The van der Waals surface area contributed by atoms with E-state index in [0.717, 1.165) is 0 Å². The molecular formula is C41H29PS2. The van der Waals surface area contributed by atoms with E-state index in [-0.39, 0.29) is 14.7 Å². The molecule has 0 N–H and O–H groups in total. The first-order chi connectivity index (χ1) is 21.8. The first kappa shape index (κ1) is 26.6. The maximum absolute atomic E-state index is 2.71. The van der Waals surface area contributed by atoms with E-state index < -0.39 is 6.33 Å². The molecule has 0 nitrogen and oxygen atoms in total. The van der Waals surface area contributed by atoms with Gasteiger partial charge in [0.05, 0.1) is 14.7 Å². The zero-order valence-electron chi connectivity index (χ0n) is 24.0. The van der Waals surface area contributed by atoms with Gasteiger partial charge in [0.15, 0.2) is 0 Å². The Bertz CT molecular complexity index is 1940. The molecule has 2 unspecified atom stereocenters. The van der Waals surface area contributed by atoms with Crippen molar-refractivity contribution in [3.05, 3.63) is 209 Å². The summed E-state index contributed by atoms with van der Waals surface area (Å²) in [6.45, 7) is 0. The summed E-state index contributed by atoms with van der Waals surface area (Å²) in [7, 11) is 0. The fourth-order valence-electron chi connectivity index (χ4n) is 7.76. The third-order valence-electron chi connectivity index (χ3n) is 9.55. The Morgan fingerprint density at radius 1 is 0.409 bits per heavy atom. The topological polar surface area (TPSA) is 0 Å². The highest BCUT2D eigenvalue weighted by Gasteiger charge is 2.70. The fourth-order valence-corrected chi connectivity index (χ4v) is 20.5. The van der Waals surface area contributed by atoms with Crippen LogP contribution in [0.25, 0.3) is 16.7 Å². The van der Waals surface area contributed by atoms with Crippen LogP contribution in [0.3, 0.4) is 0 Å².